The summed E-state index contributed by atoms with van der Waals surface area (Å²) >= 11 is 0. The van der Waals surface area contributed by atoms with Gasteiger partial charge in [0.25, 0.3) is 0 Å². The Bertz CT molecular complexity index is 1160. The third-order valence-corrected chi connectivity index (χ3v) is 13.6. The SMILES string of the molecule is CCCCCCCCCCCCCCCCCC[C@H](C)C[C@H](C)C(=O)OC1[C@H](O)C(CO)O[C@H](O[C@H]2OC(CO)[C@@H](O)C(O)[C@@H]2O)[C@@H]1OC(=O)CCCCCCCCCCCCCCC. The molecule has 0 aliphatic carbocycles. The lowest BCUT2D eigenvalue weighted by Crippen LogP contribution is -2.65. The Morgan fingerprint density at radius 1 is 0.477 bits per heavy atom. The molecule has 13 heteroatoms. The zero-order valence-corrected chi connectivity index (χ0v) is 41.5. The van der Waals surface area contributed by atoms with Gasteiger partial charge in [0.15, 0.2) is 18.5 Å². The molecule has 2 fully saturated rings. The molecular formula is C52H98O13. The summed E-state index contributed by atoms with van der Waals surface area (Å²) in [6, 6.07) is 0. The standard InChI is InChI=1S/C52H98O13/c1-5-7-9-11-13-15-17-19-20-21-23-24-26-28-30-32-34-39(3)36-40(4)50(60)64-48-45(57)42(38-54)62-52(65-51-47(59)46(58)44(56)41(37-53)61-51)49(48)63-43(55)35-33-31-29-27-25-22-18-16-14-12-10-8-6-2/h39-42,44-49,51-54,56-59H,5-38H2,1-4H3/t39-,40-,41?,42?,44+,45+,46?,47-,48?,49+,51+,52+/m0/s1. The molecule has 13 nitrogen and oxygen atoms in total. The summed E-state index contributed by atoms with van der Waals surface area (Å²) < 4.78 is 29.1. The second-order valence-electron chi connectivity index (χ2n) is 19.7. The summed E-state index contributed by atoms with van der Waals surface area (Å²) in [5.74, 6) is -1.57. The minimum absolute atomic E-state index is 0.0501. The second-order valence-corrected chi connectivity index (χ2v) is 19.7. The number of carbonyl (C=O) groups excluding carboxylic acids is 2. The maximum absolute atomic E-state index is 13.7. The Morgan fingerprint density at radius 3 is 1.32 bits per heavy atom. The molecule has 0 saturated carbocycles. The van der Waals surface area contributed by atoms with Crippen LogP contribution in [-0.4, -0.2) is 117 Å². The molecule has 0 spiro atoms. The van der Waals surface area contributed by atoms with Crippen LogP contribution in [0.3, 0.4) is 0 Å². The van der Waals surface area contributed by atoms with Gasteiger partial charge in [-0.15, -0.1) is 0 Å². The van der Waals surface area contributed by atoms with Gasteiger partial charge >= 0.3 is 11.9 Å². The van der Waals surface area contributed by atoms with Crippen LogP contribution in [0.15, 0.2) is 0 Å². The summed E-state index contributed by atoms with van der Waals surface area (Å²) in [6.07, 6.45) is 21.5. The van der Waals surface area contributed by atoms with Crippen LogP contribution < -0.4 is 0 Å². The number of hydrogen-bond acceptors (Lipinski definition) is 13. The van der Waals surface area contributed by atoms with Crippen LogP contribution in [0.1, 0.15) is 233 Å². The van der Waals surface area contributed by atoms with Crippen LogP contribution in [0.4, 0.5) is 0 Å². The van der Waals surface area contributed by atoms with E-state index in [1.807, 2.05) is 0 Å². The first-order valence-electron chi connectivity index (χ1n) is 26.8. The van der Waals surface area contributed by atoms with Crippen molar-refractivity contribution in [1.29, 1.82) is 0 Å². The third kappa shape index (κ3) is 25.1. The molecule has 4 unspecified atom stereocenters. The number of unbranched alkanes of at least 4 members (excludes halogenated alkanes) is 27. The van der Waals surface area contributed by atoms with Crippen LogP contribution in [0.25, 0.3) is 0 Å². The molecule has 2 saturated heterocycles. The molecule has 2 aliphatic heterocycles. The highest BCUT2D eigenvalue weighted by molar-refractivity contribution is 5.72. The molecule has 384 valence electrons. The molecule has 2 heterocycles. The maximum Gasteiger partial charge on any atom is 0.309 e. The lowest BCUT2D eigenvalue weighted by molar-refractivity contribution is -0.377. The minimum atomic E-state index is -1.81. The van der Waals surface area contributed by atoms with E-state index < -0.39 is 92.5 Å². The van der Waals surface area contributed by atoms with E-state index in [4.69, 9.17) is 23.7 Å². The Kier molecular flexibility index (Phi) is 34.4. The average Bonchev–Trinajstić information content (AvgIpc) is 3.29. The molecule has 12 atom stereocenters. The highest BCUT2D eigenvalue weighted by Gasteiger charge is 2.53. The van der Waals surface area contributed by atoms with Crippen LogP contribution in [0.5, 0.6) is 0 Å². The summed E-state index contributed by atoms with van der Waals surface area (Å²) in [5.41, 5.74) is 0. The molecule has 0 amide bonds. The minimum Gasteiger partial charge on any atom is -0.455 e. The van der Waals surface area contributed by atoms with Crippen LogP contribution in [0, 0.1) is 11.8 Å². The lowest BCUT2D eigenvalue weighted by Gasteiger charge is -2.46. The van der Waals surface area contributed by atoms with Crippen LogP contribution in [0.2, 0.25) is 0 Å². The van der Waals surface area contributed by atoms with Gasteiger partial charge in [-0.05, 0) is 18.8 Å². The van der Waals surface area contributed by atoms with E-state index in [9.17, 15) is 40.2 Å². The van der Waals surface area contributed by atoms with Crippen LogP contribution in [-0.2, 0) is 33.3 Å². The van der Waals surface area contributed by atoms with Gasteiger partial charge in [-0.3, -0.25) is 9.59 Å². The van der Waals surface area contributed by atoms with E-state index in [0.717, 1.165) is 44.9 Å². The fraction of sp³-hybridized carbons (Fsp3) is 0.962. The first kappa shape index (κ1) is 59.7. The Hall–Kier alpha value is -1.42. The van der Waals surface area contributed by atoms with Crippen molar-refractivity contribution in [2.45, 2.75) is 295 Å². The van der Waals surface area contributed by atoms with Crippen molar-refractivity contribution in [3.05, 3.63) is 0 Å². The van der Waals surface area contributed by atoms with Gasteiger partial charge in [0.1, 0.15) is 36.6 Å². The van der Waals surface area contributed by atoms with Crippen molar-refractivity contribution in [3.8, 4) is 0 Å². The van der Waals surface area contributed by atoms with Crippen molar-refractivity contribution in [2.75, 3.05) is 13.2 Å². The number of aliphatic hydroxyl groups excluding tert-OH is 6. The molecule has 2 rings (SSSR count). The smallest absolute Gasteiger partial charge is 0.309 e. The van der Waals surface area contributed by atoms with Crippen molar-refractivity contribution in [1.82, 2.24) is 0 Å². The summed E-state index contributed by atoms with van der Waals surface area (Å²) in [7, 11) is 0. The number of esters is 2. The quantitative estimate of drug-likeness (QED) is 0.0251. The number of carbonyl (C=O) groups is 2. The molecule has 2 aliphatic rings. The third-order valence-electron chi connectivity index (χ3n) is 13.6. The lowest BCUT2D eigenvalue weighted by atomic mass is 9.92. The Balaban J connectivity index is 1.89. The van der Waals surface area contributed by atoms with Crippen molar-refractivity contribution in [2.24, 2.45) is 11.8 Å². The zero-order chi connectivity index (χ0) is 47.7. The van der Waals surface area contributed by atoms with Gasteiger partial charge in [-0.2, -0.15) is 0 Å². The molecule has 0 radical (unpaired) electrons. The van der Waals surface area contributed by atoms with Gasteiger partial charge in [0.05, 0.1) is 19.1 Å². The fourth-order valence-electron chi connectivity index (χ4n) is 9.33. The highest BCUT2D eigenvalue weighted by Crippen LogP contribution is 2.32. The average molecular weight is 931 g/mol. The molecule has 0 aromatic heterocycles. The van der Waals surface area contributed by atoms with Crippen molar-refractivity contribution in [3.63, 3.8) is 0 Å². The monoisotopic (exact) mass is 931 g/mol. The topological polar surface area (TPSA) is 202 Å². The molecule has 6 N–H and O–H groups in total. The molecule has 0 aromatic carbocycles. The molecule has 0 aromatic rings. The first-order valence-corrected chi connectivity index (χ1v) is 26.8. The van der Waals surface area contributed by atoms with Crippen molar-refractivity contribution < 1.29 is 63.9 Å². The van der Waals surface area contributed by atoms with E-state index in [1.54, 1.807) is 6.92 Å². The summed E-state index contributed by atoms with van der Waals surface area (Å²) in [5, 5.41) is 62.8. The normalized spacial score (nSPS) is 26.8. The maximum atomic E-state index is 13.7. The van der Waals surface area contributed by atoms with E-state index in [-0.39, 0.29) is 12.3 Å². The number of rotatable bonds is 40. The Labute approximate surface area is 394 Å². The summed E-state index contributed by atoms with van der Waals surface area (Å²) in [4.78, 5) is 27.1. The Morgan fingerprint density at radius 2 is 0.877 bits per heavy atom. The van der Waals surface area contributed by atoms with Crippen LogP contribution >= 0.6 is 0 Å². The van der Waals surface area contributed by atoms with Gasteiger partial charge in [0.2, 0.25) is 6.29 Å². The second kappa shape index (κ2) is 37.5. The largest absolute Gasteiger partial charge is 0.455 e. The first-order chi connectivity index (χ1) is 31.5. The van der Waals surface area contributed by atoms with E-state index in [0.29, 0.717) is 12.8 Å². The predicted molar refractivity (Wildman–Crippen MR) is 254 cm³/mol. The van der Waals surface area contributed by atoms with E-state index in [2.05, 4.69) is 20.8 Å². The van der Waals surface area contributed by atoms with Gasteiger partial charge in [-0.25, -0.2) is 0 Å². The molecular weight excluding hydrogens is 833 g/mol. The molecule has 0 bridgehead atoms. The van der Waals surface area contributed by atoms with Crippen molar-refractivity contribution >= 4 is 11.9 Å². The molecule has 65 heavy (non-hydrogen) atoms. The van der Waals surface area contributed by atoms with Gasteiger partial charge in [0, 0.05) is 6.42 Å². The zero-order valence-electron chi connectivity index (χ0n) is 41.5. The number of ether oxygens (including phenoxy) is 5. The highest BCUT2D eigenvalue weighted by atomic mass is 16.8. The predicted octanol–water partition coefficient (Wildman–Crippen LogP) is 9.50. The fourth-order valence-corrected chi connectivity index (χ4v) is 9.33. The van der Waals surface area contributed by atoms with E-state index in [1.165, 1.54) is 141 Å². The van der Waals surface area contributed by atoms with Gasteiger partial charge < -0.3 is 54.3 Å². The number of hydrogen-bond donors (Lipinski definition) is 6. The van der Waals surface area contributed by atoms with Gasteiger partial charge in [-0.1, -0.05) is 214 Å². The summed E-state index contributed by atoms with van der Waals surface area (Å²) in [6.45, 7) is 6.95. The number of aliphatic hydroxyl groups is 6. The van der Waals surface area contributed by atoms with E-state index >= 15 is 0 Å².